The van der Waals surface area contributed by atoms with E-state index in [4.69, 9.17) is 5.73 Å². The van der Waals surface area contributed by atoms with Gasteiger partial charge in [0.05, 0.1) is 0 Å². The lowest BCUT2D eigenvalue weighted by atomic mass is 10.1. The van der Waals surface area contributed by atoms with Crippen molar-refractivity contribution in [1.29, 1.82) is 0 Å². The van der Waals surface area contributed by atoms with E-state index in [2.05, 4.69) is 10.6 Å². The number of anilines is 1. The molecule has 1 rings (SSSR count). The normalized spacial score (nSPS) is 9.73. The van der Waals surface area contributed by atoms with Crippen molar-refractivity contribution in [2.75, 3.05) is 18.4 Å². The van der Waals surface area contributed by atoms with Gasteiger partial charge in [0, 0.05) is 12.2 Å². The Bertz CT molecular complexity index is 308. The molecule has 82 valence electrons. The maximum absolute atomic E-state index is 11.2. The maximum Gasteiger partial charge on any atom is 0.319 e. The van der Waals surface area contributed by atoms with Crippen LogP contribution in [0.3, 0.4) is 0 Å². The standard InChI is InChI=1S/C11H17N3O/c1-2-13-11(15)14-10-5-3-9(4-6-10)7-8-12/h3-6H,2,7-8,12H2,1H3,(H2,13,14,15). The second-order valence-electron chi connectivity index (χ2n) is 3.22. The molecule has 0 saturated heterocycles. The first-order chi connectivity index (χ1) is 7.26. The Morgan fingerprint density at radius 3 is 2.53 bits per heavy atom. The van der Waals surface area contributed by atoms with Crippen molar-refractivity contribution >= 4 is 11.7 Å². The zero-order chi connectivity index (χ0) is 11.1. The Balaban J connectivity index is 2.52. The highest BCUT2D eigenvalue weighted by molar-refractivity contribution is 5.89. The second kappa shape index (κ2) is 6.03. The van der Waals surface area contributed by atoms with Crippen LogP contribution in [0.4, 0.5) is 10.5 Å². The molecule has 0 spiro atoms. The summed E-state index contributed by atoms with van der Waals surface area (Å²) in [6.07, 6.45) is 0.863. The van der Waals surface area contributed by atoms with Gasteiger partial charge in [-0.3, -0.25) is 0 Å². The van der Waals surface area contributed by atoms with Crippen LogP contribution in [-0.4, -0.2) is 19.1 Å². The zero-order valence-corrected chi connectivity index (χ0v) is 8.92. The van der Waals surface area contributed by atoms with Gasteiger partial charge in [0.15, 0.2) is 0 Å². The Hall–Kier alpha value is -1.55. The third-order valence-electron chi connectivity index (χ3n) is 1.98. The highest BCUT2D eigenvalue weighted by Gasteiger charge is 1.99. The van der Waals surface area contributed by atoms with Crippen molar-refractivity contribution in [1.82, 2.24) is 5.32 Å². The topological polar surface area (TPSA) is 67.2 Å². The summed E-state index contributed by atoms with van der Waals surface area (Å²) in [7, 11) is 0. The summed E-state index contributed by atoms with van der Waals surface area (Å²) in [5, 5.41) is 5.39. The molecule has 0 fully saturated rings. The van der Waals surface area contributed by atoms with Crippen molar-refractivity contribution < 1.29 is 4.79 Å². The Labute approximate surface area is 89.9 Å². The number of amides is 2. The molecular weight excluding hydrogens is 190 g/mol. The van der Waals surface area contributed by atoms with E-state index in [0.29, 0.717) is 13.1 Å². The molecule has 4 nitrogen and oxygen atoms in total. The van der Waals surface area contributed by atoms with Crippen molar-refractivity contribution in [3.63, 3.8) is 0 Å². The Kier molecular flexibility index (Phi) is 4.63. The highest BCUT2D eigenvalue weighted by Crippen LogP contribution is 2.09. The lowest BCUT2D eigenvalue weighted by Crippen LogP contribution is -2.28. The van der Waals surface area contributed by atoms with Gasteiger partial charge in [-0.15, -0.1) is 0 Å². The van der Waals surface area contributed by atoms with Crippen molar-refractivity contribution in [2.45, 2.75) is 13.3 Å². The molecule has 0 aromatic heterocycles. The molecule has 0 aliphatic carbocycles. The molecule has 0 radical (unpaired) electrons. The zero-order valence-electron chi connectivity index (χ0n) is 8.92. The van der Waals surface area contributed by atoms with Crippen LogP contribution in [0, 0.1) is 0 Å². The number of carbonyl (C=O) groups is 1. The van der Waals surface area contributed by atoms with Gasteiger partial charge in [0.25, 0.3) is 0 Å². The van der Waals surface area contributed by atoms with Crippen molar-refractivity contribution in [2.24, 2.45) is 5.73 Å². The number of nitrogens with one attached hydrogen (secondary N) is 2. The molecule has 1 aromatic carbocycles. The van der Waals surface area contributed by atoms with Gasteiger partial charge in [-0.25, -0.2) is 4.79 Å². The van der Waals surface area contributed by atoms with E-state index < -0.39 is 0 Å². The summed E-state index contributed by atoms with van der Waals surface area (Å²) in [6.45, 7) is 3.14. The summed E-state index contributed by atoms with van der Waals surface area (Å²) in [5.74, 6) is 0. The minimum atomic E-state index is -0.177. The van der Waals surface area contributed by atoms with Gasteiger partial charge in [0.2, 0.25) is 0 Å². The minimum absolute atomic E-state index is 0.177. The molecule has 1 aromatic rings. The molecule has 2 amide bonds. The fourth-order valence-corrected chi connectivity index (χ4v) is 1.26. The van der Waals surface area contributed by atoms with E-state index >= 15 is 0 Å². The van der Waals surface area contributed by atoms with Gasteiger partial charge in [-0.1, -0.05) is 12.1 Å². The first kappa shape index (κ1) is 11.5. The van der Waals surface area contributed by atoms with Gasteiger partial charge < -0.3 is 16.4 Å². The number of nitrogens with two attached hydrogens (primary N) is 1. The highest BCUT2D eigenvalue weighted by atomic mass is 16.2. The number of hydrogen-bond donors (Lipinski definition) is 3. The van der Waals surface area contributed by atoms with Gasteiger partial charge in [-0.05, 0) is 37.6 Å². The van der Waals surface area contributed by atoms with Crippen LogP contribution < -0.4 is 16.4 Å². The molecular formula is C11H17N3O. The number of carbonyl (C=O) groups excluding carboxylic acids is 1. The molecule has 15 heavy (non-hydrogen) atoms. The molecule has 0 atom stereocenters. The van der Waals surface area contributed by atoms with E-state index in [9.17, 15) is 4.79 Å². The number of benzene rings is 1. The average Bonchev–Trinajstić information content (AvgIpc) is 2.22. The van der Waals surface area contributed by atoms with Crippen LogP contribution in [0.25, 0.3) is 0 Å². The lowest BCUT2D eigenvalue weighted by molar-refractivity contribution is 0.252. The molecule has 0 aliphatic rings. The van der Waals surface area contributed by atoms with E-state index in [0.717, 1.165) is 12.1 Å². The van der Waals surface area contributed by atoms with Gasteiger partial charge >= 0.3 is 6.03 Å². The third kappa shape index (κ3) is 3.99. The number of hydrogen-bond acceptors (Lipinski definition) is 2. The van der Waals surface area contributed by atoms with Crippen molar-refractivity contribution in [3.8, 4) is 0 Å². The van der Waals surface area contributed by atoms with E-state index in [-0.39, 0.29) is 6.03 Å². The van der Waals surface area contributed by atoms with E-state index in [1.165, 1.54) is 5.56 Å². The summed E-state index contributed by atoms with van der Waals surface area (Å²) < 4.78 is 0. The fraction of sp³-hybridized carbons (Fsp3) is 0.364. The quantitative estimate of drug-likeness (QED) is 0.697. The van der Waals surface area contributed by atoms with E-state index in [1.807, 2.05) is 31.2 Å². The molecule has 0 saturated carbocycles. The monoisotopic (exact) mass is 207 g/mol. The van der Waals surface area contributed by atoms with Crippen LogP contribution >= 0.6 is 0 Å². The molecule has 0 bridgehead atoms. The predicted octanol–water partition coefficient (Wildman–Crippen LogP) is 1.33. The largest absolute Gasteiger partial charge is 0.338 e. The molecule has 4 N–H and O–H groups in total. The average molecular weight is 207 g/mol. The lowest BCUT2D eigenvalue weighted by Gasteiger charge is -2.06. The van der Waals surface area contributed by atoms with Crippen LogP contribution in [-0.2, 0) is 6.42 Å². The number of rotatable bonds is 4. The second-order valence-corrected chi connectivity index (χ2v) is 3.22. The molecule has 0 aliphatic heterocycles. The van der Waals surface area contributed by atoms with Crippen LogP contribution in [0.1, 0.15) is 12.5 Å². The first-order valence-electron chi connectivity index (χ1n) is 5.10. The van der Waals surface area contributed by atoms with E-state index in [1.54, 1.807) is 0 Å². The smallest absolute Gasteiger partial charge is 0.319 e. The number of urea groups is 1. The Morgan fingerprint density at radius 1 is 1.33 bits per heavy atom. The van der Waals surface area contributed by atoms with Crippen LogP contribution in [0.5, 0.6) is 0 Å². The fourth-order valence-electron chi connectivity index (χ4n) is 1.26. The Morgan fingerprint density at radius 2 is 2.00 bits per heavy atom. The SMILES string of the molecule is CCNC(=O)Nc1ccc(CCN)cc1. The van der Waals surface area contributed by atoms with Gasteiger partial charge in [0.1, 0.15) is 0 Å². The summed E-state index contributed by atoms with van der Waals surface area (Å²) in [5.41, 5.74) is 7.41. The first-order valence-corrected chi connectivity index (χ1v) is 5.10. The van der Waals surface area contributed by atoms with Crippen molar-refractivity contribution in [3.05, 3.63) is 29.8 Å². The predicted molar refractivity (Wildman–Crippen MR) is 61.9 cm³/mol. The van der Waals surface area contributed by atoms with Crippen LogP contribution in [0.15, 0.2) is 24.3 Å². The molecule has 0 unspecified atom stereocenters. The van der Waals surface area contributed by atoms with Gasteiger partial charge in [-0.2, -0.15) is 0 Å². The summed E-state index contributed by atoms with van der Waals surface area (Å²) >= 11 is 0. The molecule has 0 heterocycles. The third-order valence-corrected chi connectivity index (χ3v) is 1.98. The maximum atomic E-state index is 11.2. The minimum Gasteiger partial charge on any atom is -0.338 e. The summed E-state index contributed by atoms with van der Waals surface area (Å²) in [6, 6.07) is 7.51. The van der Waals surface area contributed by atoms with Crippen LogP contribution in [0.2, 0.25) is 0 Å². The molecule has 4 heteroatoms. The summed E-state index contributed by atoms with van der Waals surface area (Å²) in [4.78, 5) is 11.2.